The predicted octanol–water partition coefficient (Wildman–Crippen LogP) is 3.30. The minimum Gasteiger partial charge on any atom is -0.493 e. The van der Waals surface area contributed by atoms with Crippen molar-refractivity contribution in [2.24, 2.45) is 4.99 Å². The van der Waals surface area contributed by atoms with Gasteiger partial charge in [0.2, 0.25) is 0 Å². The van der Waals surface area contributed by atoms with Crippen LogP contribution >= 0.6 is 24.0 Å². The van der Waals surface area contributed by atoms with E-state index < -0.39 is 0 Å². The minimum atomic E-state index is -0.0891. The fourth-order valence-electron chi connectivity index (χ4n) is 2.67. The highest BCUT2D eigenvalue weighted by molar-refractivity contribution is 14.0. The SMILES string of the molecule is CCNC(=NCCc1cccc(C(=O)NC)c1)Nc1ccc(OC)c(OC)c1.I. The molecule has 3 N–H and O–H groups in total. The van der Waals surface area contributed by atoms with Crippen LogP contribution in [0.25, 0.3) is 0 Å². The quantitative estimate of drug-likeness (QED) is 0.287. The average molecular weight is 512 g/mol. The summed E-state index contributed by atoms with van der Waals surface area (Å²) in [6.45, 7) is 3.34. The van der Waals surface area contributed by atoms with Crippen LogP contribution < -0.4 is 25.4 Å². The Labute approximate surface area is 189 Å². The van der Waals surface area contributed by atoms with Gasteiger partial charge in [0.15, 0.2) is 17.5 Å². The van der Waals surface area contributed by atoms with Gasteiger partial charge in [-0.05, 0) is 43.2 Å². The molecule has 0 saturated heterocycles. The van der Waals surface area contributed by atoms with Crippen LogP contribution in [-0.4, -0.2) is 46.2 Å². The zero-order valence-corrected chi connectivity index (χ0v) is 19.6. The van der Waals surface area contributed by atoms with Gasteiger partial charge in [0.25, 0.3) is 5.91 Å². The Morgan fingerprint density at radius 1 is 1.07 bits per heavy atom. The van der Waals surface area contributed by atoms with Crippen LogP contribution in [0.4, 0.5) is 5.69 Å². The number of aliphatic imine (C=N–C) groups is 1. The molecule has 158 valence electrons. The largest absolute Gasteiger partial charge is 0.493 e. The van der Waals surface area contributed by atoms with Crippen molar-refractivity contribution >= 4 is 41.5 Å². The maximum Gasteiger partial charge on any atom is 0.251 e. The lowest BCUT2D eigenvalue weighted by molar-refractivity contribution is 0.0963. The molecule has 0 aromatic heterocycles. The molecule has 0 fully saturated rings. The van der Waals surface area contributed by atoms with Crippen molar-refractivity contribution in [3.05, 3.63) is 53.6 Å². The second-order valence-electron chi connectivity index (χ2n) is 5.98. The molecule has 7 nitrogen and oxygen atoms in total. The van der Waals surface area contributed by atoms with Crippen LogP contribution in [0.5, 0.6) is 11.5 Å². The van der Waals surface area contributed by atoms with E-state index in [2.05, 4.69) is 20.9 Å². The first-order valence-electron chi connectivity index (χ1n) is 9.19. The molecular formula is C21H29IN4O3. The van der Waals surface area contributed by atoms with Crippen LogP contribution in [0.1, 0.15) is 22.8 Å². The molecular weight excluding hydrogens is 483 g/mol. The number of hydrogen-bond acceptors (Lipinski definition) is 4. The van der Waals surface area contributed by atoms with Crippen molar-refractivity contribution in [3.63, 3.8) is 0 Å². The normalized spacial score (nSPS) is 10.6. The number of amides is 1. The Hall–Kier alpha value is -2.49. The third-order valence-electron chi connectivity index (χ3n) is 4.08. The summed E-state index contributed by atoms with van der Waals surface area (Å²) >= 11 is 0. The van der Waals surface area contributed by atoms with Crippen molar-refractivity contribution in [1.82, 2.24) is 10.6 Å². The number of carbonyl (C=O) groups excluding carboxylic acids is 1. The van der Waals surface area contributed by atoms with Gasteiger partial charge >= 0.3 is 0 Å². The van der Waals surface area contributed by atoms with Gasteiger partial charge in [-0.3, -0.25) is 9.79 Å². The molecule has 2 aromatic carbocycles. The molecule has 0 radical (unpaired) electrons. The van der Waals surface area contributed by atoms with Gasteiger partial charge in [-0.1, -0.05) is 12.1 Å². The number of anilines is 1. The number of hydrogen-bond donors (Lipinski definition) is 3. The van der Waals surface area contributed by atoms with Crippen LogP contribution in [0, 0.1) is 0 Å². The first kappa shape index (κ1) is 24.5. The topological polar surface area (TPSA) is 84.0 Å². The Balaban J connectivity index is 0.00000420. The van der Waals surface area contributed by atoms with E-state index in [0.717, 1.165) is 24.2 Å². The summed E-state index contributed by atoms with van der Waals surface area (Å²) in [6, 6.07) is 13.2. The van der Waals surface area contributed by atoms with Crippen molar-refractivity contribution in [3.8, 4) is 11.5 Å². The molecule has 1 amide bonds. The van der Waals surface area contributed by atoms with E-state index in [9.17, 15) is 4.79 Å². The Morgan fingerprint density at radius 3 is 2.48 bits per heavy atom. The summed E-state index contributed by atoms with van der Waals surface area (Å²) in [7, 11) is 4.84. The molecule has 8 heteroatoms. The van der Waals surface area contributed by atoms with E-state index in [1.807, 2.05) is 43.3 Å². The molecule has 0 spiro atoms. The molecule has 0 aliphatic carbocycles. The third kappa shape index (κ3) is 7.45. The Bertz CT molecular complexity index is 827. The third-order valence-corrected chi connectivity index (χ3v) is 4.08. The fourth-order valence-corrected chi connectivity index (χ4v) is 2.67. The van der Waals surface area contributed by atoms with Gasteiger partial charge in [0.05, 0.1) is 14.2 Å². The molecule has 0 aliphatic heterocycles. The number of halogens is 1. The van der Waals surface area contributed by atoms with E-state index in [1.54, 1.807) is 27.3 Å². The second-order valence-corrected chi connectivity index (χ2v) is 5.98. The van der Waals surface area contributed by atoms with Crippen molar-refractivity contribution < 1.29 is 14.3 Å². The van der Waals surface area contributed by atoms with E-state index in [0.29, 0.717) is 29.6 Å². The number of ether oxygens (including phenoxy) is 2. The lowest BCUT2D eigenvalue weighted by Gasteiger charge is -2.14. The zero-order valence-electron chi connectivity index (χ0n) is 17.2. The van der Waals surface area contributed by atoms with Crippen molar-refractivity contribution in [2.45, 2.75) is 13.3 Å². The number of rotatable bonds is 8. The summed E-state index contributed by atoms with van der Waals surface area (Å²) in [5.74, 6) is 1.91. The van der Waals surface area contributed by atoms with Crippen LogP contribution in [0.15, 0.2) is 47.5 Å². The highest BCUT2D eigenvalue weighted by Gasteiger charge is 2.07. The van der Waals surface area contributed by atoms with E-state index in [-0.39, 0.29) is 29.9 Å². The Morgan fingerprint density at radius 2 is 1.83 bits per heavy atom. The smallest absolute Gasteiger partial charge is 0.251 e. The summed E-state index contributed by atoms with van der Waals surface area (Å²) < 4.78 is 10.6. The first-order chi connectivity index (χ1) is 13.6. The number of benzene rings is 2. The van der Waals surface area contributed by atoms with Gasteiger partial charge in [0.1, 0.15) is 0 Å². The molecule has 0 atom stereocenters. The maximum atomic E-state index is 11.8. The zero-order chi connectivity index (χ0) is 20.4. The average Bonchev–Trinajstić information content (AvgIpc) is 2.73. The van der Waals surface area contributed by atoms with Crippen LogP contribution in [-0.2, 0) is 6.42 Å². The predicted molar refractivity (Wildman–Crippen MR) is 128 cm³/mol. The number of nitrogens with zero attached hydrogens (tertiary/aromatic N) is 1. The van der Waals surface area contributed by atoms with Crippen molar-refractivity contribution in [2.75, 3.05) is 39.7 Å². The lowest BCUT2D eigenvalue weighted by Crippen LogP contribution is -2.30. The Kier molecular flexibility index (Phi) is 10.9. The summed E-state index contributed by atoms with van der Waals surface area (Å²) in [5, 5.41) is 9.13. The molecule has 2 rings (SSSR count). The second kappa shape index (κ2) is 12.9. The minimum absolute atomic E-state index is 0. The lowest BCUT2D eigenvalue weighted by atomic mass is 10.1. The molecule has 0 aliphatic rings. The van der Waals surface area contributed by atoms with Gasteiger partial charge in [-0.2, -0.15) is 0 Å². The summed E-state index contributed by atoms with van der Waals surface area (Å²) in [6.07, 6.45) is 0.730. The van der Waals surface area contributed by atoms with Gasteiger partial charge in [0, 0.05) is 37.5 Å². The van der Waals surface area contributed by atoms with Crippen LogP contribution in [0.3, 0.4) is 0 Å². The first-order valence-corrected chi connectivity index (χ1v) is 9.19. The van der Waals surface area contributed by atoms with Gasteiger partial charge < -0.3 is 25.4 Å². The molecule has 2 aromatic rings. The number of methoxy groups -OCH3 is 2. The molecule has 29 heavy (non-hydrogen) atoms. The number of guanidine groups is 1. The van der Waals surface area contributed by atoms with E-state index in [4.69, 9.17) is 9.47 Å². The van der Waals surface area contributed by atoms with E-state index in [1.165, 1.54) is 0 Å². The highest BCUT2D eigenvalue weighted by atomic mass is 127. The molecule has 0 heterocycles. The monoisotopic (exact) mass is 512 g/mol. The molecule has 0 bridgehead atoms. The van der Waals surface area contributed by atoms with Crippen molar-refractivity contribution in [1.29, 1.82) is 0 Å². The molecule has 0 saturated carbocycles. The van der Waals surface area contributed by atoms with Gasteiger partial charge in [-0.15, -0.1) is 24.0 Å². The standard InChI is InChI=1S/C21H28N4O3.HI/c1-5-23-21(25-17-9-10-18(27-3)19(14-17)28-4)24-12-11-15-7-6-8-16(13-15)20(26)22-2;/h6-10,13-14H,5,11-12H2,1-4H3,(H,22,26)(H2,23,24,25);1H. The highest BCUT2D eigenvalue weighted by Crippen LogP contribution is 2.29. The van der Waals surface area contributed by atoms with Crippen LogP contribution in [0.2, 0.25) is 0 Å². The molecule has 0 unspecified atom stereocenters. The number of nitrogens with one attached hydrogen (secondary N) is 3. The summed E-state index contributed by atoms with van der Waals surface area (Å²) in [5.41, 5.74) is 2.56. The van der Waals surface area contributed by atoms with E-state index >= 15 is 0 Å². The van der Waals surface area contributed by atoms with Gasteiger partial charge in [-0.25, -0.2) is 0 Å². The summed E-state index contributed by atoms with van der Waals surface area (Å²) in [4.78, 5) is 16.4. The number of carbonyl (C=O) groups is 1. The fraction of sp³-hybridized carbons (Fsp3) is 0.333. The maximum absolute atomic E-state index is 11.8.